The summed E-state index contributed by atoms with van der Waals surface area (Å²) in [6.45, 7) is 0.447. The van der Waals surface area contributed by atoms with Crippen molar-refractivity contribution in [3.8, 4) is 0 Å². The first-order valence-corrected chi connectivity index (χ1v) is 7.91. The molecule has 120 valence electrons. The van der Waals surface area contributed by atoms with E-state index in [1.807, 2.05) is 0 Å². The van der Waals surface area contributed by atoms with Crippen LogP contribution in [0.25, 0.3) is 0 Å². The predicted molar refractivity (Wildman–Crippen MR) is 70.2 cm³/mol. The number of urea groups is 1. The van der Waals surface area contributed by atoms with E-state index in [1.165, 1.54) is 9.21 Å². The largest absolute Gasteiger partial charge is 0.481 e. The van der Waals surface area contributed by atoms with Crippen LogP contribution in [0.4, 0.5) is 4.79 Å². The third kappa shape index (κ3) is 5.19. The first-order chi connectivity index (χ1) is 9.61. The molecule has 1 aliphatic rings. The quantitative estimate of drug-likeness (QED) is 0.541. The lowest BCUT2D eigenvalue weighted by Gasteiger charge is -2.33. The lowest BCUT2D eigenvalue weighted by atomic mass is 10.2. The maximum absolute atomic E-state index is 11.8. The van der Waals surface area contributed by atoms with Crippen molar-refractivity contribution < 1.29 is 33.0 Å². The molecule has 0 aromatic rings. The molecule has 1 aliphatic heterocycles. The molecule has 1 rings (SSSR count). The summed E-state index contributed by atoms with van der Waals surface area (Å²) < 4.78 is 23.8. The van der Waals surface area contributed by atoms with Gasteiger partial charge >= 0.3 is 18.0 Å². The SMILES string of the molecule is CS(=O)(=O)N1CCN(C(=O)N[C@H](CC(=O)O)C(=O)O)CC1. The number of carbonyl (C=O) groups is 3. The van der Waals surface area contributed by atoms with Crippen LogP contribution >= 0.6 is 0 Å². The number of piperazine rings is 1. The van der Waals surface area contributed by atoms with Gasteiger partial charge in [0.15, 0.2) is 0 Å². The van der Waals surface area contributed by atoms with Crippen LogP contribution < -0.4 is 5.32 Å². The van der Waals surface area contributed by atoms with E-state index in [1.54, 1.807) is 0 Å². The molecule has 1 atom stereocenters. The van der Waals surface area contributed by atoms with Gasteiger partial charge in [-0.1, -0.05) is 0 Å². The monoisotopic (exact) mass is 323 g/mol. The smallest absolute Gasteiger partial charge is 0.326 e. The van der Waals surface area contributed by atoms with Crippen molar-refractivity contribution in [3.05, 3.63) is 0 Å². The maximum Gasteiger partial charge on any atom is 0.326 e. The molecule has 0 spiro atoms. The Kier molecular flexibility index (Phi) is 5.49. The van der Waals surface area contributed by atoms with E-state index in [0.717, 1.165) is 6.26 Å². The van der Waals surface area contributed by atoms with Crippen LogP contribution in [0.2, 0.25) is 0 Å². The summed E-state index contributed by atoms with van der Waals surface area (Å²) >= 11 is 0. The average molecular weight is 323 g/mol. The second-order valence-corrected chi connectivity index (χ2v) is 6.57. The average Bonchev–Trinajstić information content (AvgIpc) is 2.36. The summed E-state index contributed by atoms with van der Waals surface area (Å²) in [5.74, 6) is -2.79. The summed E-state index contributed by atoms with van der Waals surface area (Å²) in [6.07, 6.45) is 0.334. The van der Waals surface area contributed by atoms with Gasteiger partial charge < -0.3 is 20.4 Å². The zero-order chi connectivity index (χ0) is 16.2. The van der Waals surface area contributed by atoms with Gasteiger partial charge in [0.05, 0.1) is 12.7 Å². The minimum absolute atomic E-state index is 0.109. The number of hydrogen-bond acceptors (Lipinski definition) is 5. The van der Waals surface area contributed by atoms with Crippen LogP contribution in [0.3, 0.4) is 0 Å². The molecule has 11 heteroatoms. The summed E-state index contributed by atoms with van der Waals surface area (Å²) in [6, 6.07) is -2.25. The maximum atomic E-state index is 11.8. The molecule has 2 amide bonds. The second kappa shape index (κ2) is 6.72. The van der Waals surface area contributed by atoms with E-state index in [9.17, 15) is 22.8 Å². The summed E-state index contributed by atoms with van der Waals surface area (Å²) in [4.78, 5) is 34.5. The van der Waals surface area contributed by atoms with Gasteiger partial charge in [0.2, 0.25) is 10.0 Å². The van der Waals surface area contributed by atoms with Gasteiger partial charge in [-0.05, 0) is 0 Å². The fourth-order valence-electron chi connectivity index (χ4n) is 1.84. The van der Waals surface area contributed by atoms with Gasteiger partial charge in [0, 0.05) is 26.2 Å². The number of amides is 2. The number of hydrogen-bond donors (Lipinski definition) is 3. The number of carboxylic acid groups (broad SMARTS) is 2. The van der Waals surface area contributed by atoms with Gasteiger partial charge in [-0.25, -0.2) is 18.0 Å². The lowest BCUT2D eigenvalue weighted by Crippen LogP contribution is -2.55. The number of sulfonamides is 1. The highest BCUT2D eigenvalue weighted by Crippen LogP contribution is 2.06. The third-order valence-electron chi connectivity index (χ3n) is 2.97. The number of carbonyl (C=O) groups excluding carboxylic acids is 1. The molecule has 21 heavy (non-hydrogen) atoms. The number of nitrogens with one attached hydrogen (secondary N) is 1. The van der Waals surface area contributed by atoms with Crippen molar-refractivity contribution in [2.45, 2.75) is 12.5 Å². The molecule has 0 bridgehead atoms. The standard InChI is InChI=1S/C10H17N3O7S/c1-21(19,20)13-4-2-12(3-5-13)10(18)11-7(9(16)17)6-8(14)15/h7H,2-6H2,1H3,(H,11,18)(H,14,15)(H,16,17)/t7-/m1/s1. The molecule has 1 fully saturated rings. The van der Waals surface area contributed by atoms with E-state index in [0.29, 0.717) is 0 Å². The minimum atomic E-state index is -3.32. The molecular formula is C10H17N3O7S. The molecule has 1 saturated heterocycles. The van der Waals surface area contributed by atoms with Crippen molar-refractivity contribution in [2.75, 3.05) is 32.4 Å². The highest BCUT2D eigenvalue weighted by molar-refractivity contribution is 7.88. The van der Waals surface area contributed by atoms with Gasteiger partial charge in [0.1, 0.15) is 6.04 Å². The first kappa shape index (κ1) is 17.2. The Morgan fingerprint density at radius 2 is 1.67 bits per heavy atom. The zero-order valence-electron chi connectivity index (χ0n) is 11.4. The van der Waals surface area contributed by atoms with E-state index in [2.05, 4.69) is 5.32 Å². The number of aliphatic carboxylic acids is 2. The van der Waals surface area contributed by atoms with Crippen LogP contribution in [-0.2, 0) is 19.6 Å². The van der Waals surface area contributed by atoms with Crippen molar-refractivity contribution in [1.82, 2.24) is 14.5 Å². The zero-order valence-corrected chi connectivity index (χ0v) is 12.2. The van der Waals surface area contributed by atoms with Gasteiger partial charge in [-0.3, -0.25) is 4.79 Å². The third-order valence-corrected chi connectivity index (χ3v) is 4.27. The van der Waals surface area contributed by atoms with Gasteiger partial charge in [-0.15, -0.1) is 0 Å². The normalized spacial score (nSPS) is 18.0. The molecule has 0 aromatic heterocycles. The van der Waals surface area contributed by atoms with Crippen LogP contribution in [0, 0.1) is 0 Å². The van der Waals surface area contributed by atoms with Crippen LogP contribution in [0.1, 0.15) is 6.42 Å². The van der Waals surface area contributed by atoms with Crippen LogP contribution in [0.5, 0.6) is 0 Å². The highest BCUT2D eigenvalue weighted by atomic mass is 32.2. The van der Waals surface area contributed by atoms with E-state index in [4.69, 9.17) is 10.2 Å². The van der Waals surface area contributed by atoms with Crippen molar-refractivity contribution in [1.29, 1.82) is 0 Å². The molecule has 0 unspecified atom stereocenters. The molecule has 3 N–H and O–H groups in total. The van der Waals surface area contributed by atoms with Crippen LogP contribution in [-0.4, -0.2) is 84.3 Å². The van der Waals surface area contributed by atoms with E-state index < -0.39 is 40.5 Å². The Hall–Kier alpha value is -1.88. The molecule has 1 heterocycles. The first-order valence-electron chi connectivity index (χ1n) is 6.06. The predicted octanol–water partition coefficient (Wildman–Crippen LogP) is -1.80. The van der Waals surface area contributed by atoms with Crippen molar-refractivity contribution in [3.63, 3.8) is 0 Å². The Bertz CT molecular complexity index is 525. The summed E-state index contributed by atoms with van der Waals surface area (Å²) in [7, 11) is -3.32. The Morgan fingerprint density at radius 3 is 2.05 bits per heavy atom. The van der Waals surface area contributed by atoms with Gasteiger partial charge in [-0.2, -0.15) is 4.31 Å². The van der Waals surface area contributed by atoms with E-state index in [-0.39, 0.29) is 26.2 Å². The van der Waals surface area contributed by atoms with Gasteiger partial charge in [0.25, 0.3) is 0 Å². The molecular weight excluding hydrogens is 306 g/mol. The minimum Gasteiger partial charge on any atom is -0.481 e. The molecule has 0 aliphatic carbocycles. The lowest BCUT2D eigenvalue weighted by molar-refractivity contribution is -0.145. The topological polar surface area (TPSA) is 144 Å². The van der Waals surface area contributed by atoms with Crippen LogP contribution in [0.15, 0.2) is 0 Å². The van der Waals surface area contributed by atoms with Crippen molar-refractivity contribution >= 4 is 28.0 Å². The number of nitrogens with zero attached hydrogens (tertiary/aromatic N) is 2. The molecule has 10 nitrogen and oxygen atoms in total. The number of rotatable bonds is 5. The molecule has 0 radical (unpaired) electrons. The Labute approximate surface area is 121 Å². The second-order valence-electron chi connectivity index (χ2n) is 4.59. The fourth-order valence-corrected chi connectivity index (χ4v) is 2.66. The number of carboxylic acids is 2. The Morgan fingerprint density at radius 1 is 1.14 bits per heavy atom. The highest BCUT2D eigenvalue weighted by Gasteiger charge is 2.29. The molecule has 0 aromatic carbocycles. The fraction of sp³-hybridized carbons (Fsp3) is 0.700. The molecule has 0 saturated carbocycles. The Balaban J connectivity index is 2.57. The van der Waals surface area contributed by atoms with E-state index >= 15 is 0 Å². The summed E-state index contributed by atoms with van der Waals surface area (Å²) in [5.41, 5.74) is 0. The van der Waals surface area contributed by atoms with Crippen molar-refractivity contribution in [2.24, 2.45) is 0 Å². The summed E-state index contributed by atoms with van der Waals surface area (Å²) in [5, 5.41) is 19.5.